The number of carbonyl (C=O) groups is 1. The summed E-state index contributed by atoms with van der Waals surface area (Å²) in [6, 6.07) is 14.2. The zero-order valence-corrected chi connectivity index (χ0v) is 18.2. The Labute approximate surface area is 183 Å². The van der Waals surface area contributed by atoms with Gasteiger partial charge in [0.15, 0.2) is 0 Å². The van der Waals surface area contributed by atoms with E-state index in [-0.39, 0.29) is 5.91 Å². The first-order valence-corrected chi connectivity index (χ1v) is 10.9. The quantitative estimate of drug-likeness (QED) is 0.615. The molecule has 0 aliphatic carbocycles. The minimum Gasteiger partial charge on any atom is -0.371 e. The van der Waals surface area contributed by atoms with Gasteiger partial charge in [-0.05, 0) is 63.1 Å². The lowest BCUT2D eigenvalue weighted by molar-refractivity contribution is 0.102. The second-order valence-electron chi connectivity index (χ2n) is 8.11. The van der Waals surface area contributed by atoms with Crippen LogP contribution in [0, 0.1) is 13.8 Å². The predicted octanol–water partition coefficient (Wildman–Crippen LogP) is 3.41. The fourth-order valence-corrected chi connectivity index (χ4v) is 4.10. The smallest absolute Gasteiger partial charge is 0.255 e. The molecule has 0 unspecified atom stereocenters. The Bertz CT molecular complexity index is 1010. The van der Waals surface area contributed by atoms with Gasteiger partial charge in [-0.25, -0.2) is 0 Å². The number of hydrogen-bond donors (Lipinski definition) is 2. The van der Waals surface area contributed by atoms with Crippen molar-refractivity contribution in [1.29, 1.82) is 0 Å². The van der Waals surface area contributed by atoms with Gasteiger partial charge in [0.2, 0.25) is 0 Å². The van der Waals surface area contributed by atoms with Crippen molar-refractivity contribution in [1.82, 2.24) is 20.1 Å². The molecule has 0 bridgehead atoms. The molecule has 1 aromatic carbocycles. The molecule has 4 rings (SSSR count). The number of aromatic nitrogens is 3. The van der Waals surface area contributed by atoms with Crippen molar-refractivity contribution >= 4 is 17.3 Å². The van der Waals surface area contributed by atoms with Crippen LogP contribution < -0.4 is 15.5 Å². The lowest BCUT2D eigenvalue weighted by atomic mass is 10.0. The van der Waals surface area contributed by atoms with Crippen molar-refractivity contribution in [2.75, 3.05) is 29.9 Å². The van der Waals surface area contributed by atoms with E-state index in [9.17, 15) is 4.79 Å². The maximum absolute atomic E-state index is 12.4. The van der Waals surface area contributed by atoms with Crippen LogP contribution >= 0.6 is 0 Å². The van der Waals surface area contributed by atoms with Gasteiger partial charge in [-0.1, -0.05) is 6.07 Å². The minimum absolute atomic E-state index is 0.120. The molecule has 0 saturated carbocycles. The molecule has 1 saturated heterocycles. The monoisotopic (exact) mass is 418 g/mol. The third kappa shape index (κ3) is 5.49. The molecule has 0 spiro atoms. The van der Waals surface area contributed by atoms with Crippen LogP contribution in [0.15, 0.2) is 54.9 Å². The minimum atomic E-state index is -0.120. The van der Waals surface area contributed by atoms with Crippen LogP contribution in [0.25, 0.3) is 0 Å². The molecule has 31 heavy (non-hydrogen) atoms. The van der Waals surface area contributed by atoms with Crippen molar-refractivity contribution in [3.63, 3.8) is 0 Å². The molecule has 7 nitrogen and oxygen atoms in total. The summed E-state index contributed by atoms with van der Waals surface area (Å²) in [4.78, 5) is 18.8. The zero-order valence-electron chi connectivity index (χ0n) is 18.2. The highest BCUT2D eigenvalue weighted by atomic mass is 16.1. The second-order valence-corrected chi connectivity index (χ2v) is 8.11. The van der Waals surface area contributed by atoms with Crippen molar-refractivity contribution in [2.45, 2.75) is 39.3 Å². The van der Waals surface area contributed by atoms with Gasteiger partial charge in [-0.2, -0.15) is 5.10 Å². The second kappa shape index (κ2) is 9.75. The fourth-order valence-electron chi connectivity index (χ4n) is 4.10. The van der Waals surface area contributed by atoms with Crippen LogP contribution in [0.2, 0.25) is 0 Å². The van der Waals surface area contributed by atoms with Crippen molar-refractivity contribution in [3.8, 4) is 0 Å². The van der Waals surface area contributed by atoms with E-state index in [2.05, 4.69) is 55.4 Å². The van der Waals surface area contributed by atoms with Crippen molar-refractivity contribution < 1.29 is 4.79 Å². The van der Waals surface area contributed by atoms with E-state index in [1.54, 1.807) is 24.5 Å². The van der Waals surface area contributed by atoms with E-state index in [4.69, 9.17) is 0 Å². The van der Waals surface area contributed by atoms with E-state index >= 15 is 0 Å². The summed E-state index contributed by atoms with van der Waals surface area (Å²) in [5.41, 5.74) is 4.85. The molecule has 7 heteroatoms. The zero-order chi connectivity index (χ0) is 21.6. The Kier molecular flexibility index (Phi) is 6.62. The Balaban J connectivity index is 1.26. The van der Waals surface area contributed by atoms with E-state index in [1.165, 1.54) is 5.69 Å². The maximum atomic E-state index is 12.4. The molecule has 0 radical (unpaired) electrons. The number of rotatable bonds is 7. The number of piperidine rings is 1. The van der Waals surface area contributed by atoms with Crippen molar-refractivity contribution in [3.05, 3.63) is 71.8 Å². The average molecular weight is 419 g/mol. The number of hydrogen-bond acceptors (Lipinski definition) is 5. The lowest BCUT2D eigenvalue weighted by Crippen LogP contribution is -2.43. The predicted molar refractivity (Wildman–Crippen MR) is 124 cm³/mol. The summed E-state index contributed by atoms with van der Waals surface area (Å²) in [5, 5.41) is 11.2. The number of pyridine rings is 1. The Morgan fingerprint density at radius 3 is 2.58 bits per heavy atom. The third-order valence-electron chi connectivity index (χ3n) is 5.77. The summed E-state index contributed by atoms with van der Waals surface area (Å²) >= 11 is 0. The summed E-state index contributed by atoms with van der Waals surface area (Å²) in [7, 11) is 0. The van der Waals surface area contributed by atoms with Crippen LogP contribution in [0.5, 0.6) is 0 Å². The molecule has 2 N–H and O–H groups in total. The molecular weight excluding hydrogens is 388 g/mol. The summed E-state index contributed by atoms with van der Waals surface area (Å²) < 4.78 is 2.07. The van der Waals surface area contributed by atoms with Gasteiger partial charge in [0, 0.05) is 60.7 Å². The molecule has 3 aromatic rings. The van der Waals surface area contributed by atoms with E-state index in [1.807, 2.05) is 19.1 Å². The molecule has 2 aromatic heterocycles. The largest absolute Gasteiger partial charge is 0.371 e. The Morgan fingerprint density at radius 2 is 1.87 bits per heavy atom. The molecule has 162 valence electrons. The van der Waals surface area contributed by atoms with Gasteiger partial charge >= 0.3 is 0 Å². The first kappa shape index (κ1) is 21.1. The van der Waals surface area contributed by atoms with Gasteiger partial charge < -0.3 is 15.5 Å². The van der Waals surface area contributed by atoms with Crippen LogP contribution in [0.1, 0.15) is 34.6 Å². The van der Waals surface area contributed by atoms with Crippen LogP contribution in [-0.2, 0) is 6.54 Å². The maximum Gasteiger partial charge on any atom is 0.255 e. The highest BCUT2D eigenvalue weighted by molar-refractivity contribution is 6.04. The van der Waals surface area contributed by atoms with Gasteiger partial charge in [-0.15, -0.1) is 0 Å². The van der Waals surface area contributed by atoms with Crippen LogP contribution in [-0.4, -0.2) is 46.3 Å². The standard InChI is InChI=1S/C24H30N6O/c1-18-16-19(2)30(28-18)15-12-26-21-8-13-29(14-9-21)23-5-3-4-22(17-23)27-24(31)20-6-10-25-11-7-20/h3-7,10-11,16-17,21,26H,8-9,12-15H2,1-2H3,(H,27,31). The first-order valence-electron chi connectivity index (χ1n) is 10.9. The summed E-state index contributed by atoms with van der Waals surface area (Å²) in [5.74, 6) is -0.120. The molecule has 0 atom stereocenters. The van der Waals surface area contributed by atoms with E-state index in [0.717, 1.165) is 56.1 Å². The topological polar surface area (TPSA) is 75.1 Å². The first-order chi connectivity index (χ1) is 15.1. The van der Waals surface area contributed by atoms with Gasteiger partial charge in [-0.3, -0.25) is 14.5 Å². The average Bonchev–Trinajstić information content (AvgIpc) is 3.12. The fraction of sp³-hybridized carbons (Fsp3) is 0.375. The van der Waals surface area contributed by atoms with E-state index in [0.29, 0.717) is 11.6 Å². The highest BCUT2D eigenvalue weighted by Crippen LogP contribution is 2.23. The number of nitrogens with zero attached hydrogens (tertiary/aromatic N) is 4. The molecule has 1 amide bonds. The SMILES string of the molecule is Cc1cc(C)n(CCNC2CCN(c3cccc(NC(=O)c4ccncc4)c3)CC2)n1. The number of carbonyl (C=O) groups excluding carboxylic acids is 1. The van der Waals surface area contributed by atoms with Crippen molar-refractivity contribution in [2.24, 2.45) is 0 Å². The number of aryl methyl sites for hydroxylation is 2. The third-order valence-corrected chi connectivity index (χ3v) is 5.77. The summed E-state index contributed by atoms with van der Waals surface area (Å²) in [6.45, 7) is 7.97. The van der Waals surface area contributed by atoms with Crippen LogP contribution in [0.4, 0.5) is 11.4 Å². The number of anilines is 2. The molecular formula is C24H30N6O. The van der Waals surface area contributed by atoms with E-state index < -0.39 is 0 Å². The molecule has 1 aliphatic heterocycles. The molecule has 1 aliphatic rings. The lowest BCUT2D eigenvalue weighted by Gasteiger charge is -2.34. The number of nitrogens with one attached hydrogen (secondary N) is 2. The molecule has 1 fully saturated rings. The van der Waals surface area contributed by atoms with Crippen LogP contribution in [0.3, 0.4) is 0 Å². The van der Waals surface area contributed by atoms with Gasteiger partial charge in [0.05, 0.1) is 12.2 Å². The number of amides is 1. The Hall–Kier alpha value is -3.19. The van der Waals surface area contributed by atoms with Gasteiger partial charge in [0.1, 0.15) is 0 Å². The Morgan fingerprint density at radius 1 is 1.10 bits per heavy atom. The highest BCUT2D eigenvalue weighted by Gasteiger charge is 2.19. The normalized spacial score (nSPS) is 14.6. The number of benzene rings is 1. The van der Waals surface area contributed by atoms with Gasteiger partial charge in [0.25, 0.3) is 5.91 Å². The summed E-state index contributed by atoms with van der Waals surface area (Å²) in [6.07, 6.45) is 5.46. The molecule has 3 heterocycles.